The van der Waals surface area contributed by atoms with E-state index in [1.165, 1.54) is 23.3 Å². The topological polar surface area (TPSA) is 23.6 Å². The van der Waals surface area contributed by atoms with Gasteiger partial charge in [-0.25, -0.2) is 0 Å². The number of rotatable bonds is 5. The molecule has 0 bridgehead atoms. The summed E-state index contributed by atoms with van der Waals surface area (Å²) in [6.07, 6.45) is 3.35. The second-order valence-corrected chi connectivity index (χ2v) is 7.17. The Balaban J connectivity index is 1.54. The van der Waals surface area contributed by atoms with Crippen molar-refractivity contribution in [3.63, 3.8) is 0 Å². The average Bonchev–Trinajstić information content (AvgIpc) is 3.14. The summed E-state index contributed by atoms with van der Waals surface area (Å²) in [5, 5.41) is 1.97. The Hall–Kier alpha value is -1.65. The Labute approximate surface area is 142 Å². The SMILES string of the molecule is CN(C(=O)c1cccs1)[C@@H]1CCCN(CCc2ccccc2)C1. The predicted molar refractivity (Wildman–Crippen MR) is 96.0 cm³/mol. The molecule has 3 rings (SSSR count). The summed E-state index contributed by atoms with van der Waals surface area (Å²) in [6, 6.07) is 14.8. The van der Waals surface area contributed by atoms with Crippen LogP contribution in [0.3, 0.4) is 0 Å². The van der Waals surface area contributed by atoms with Crippen molar-refractivity contribution in [2.75, 3.05) is 26.7 Å². The molecule has 0 spiro atoms. The zero-order valence-electron chi connectivity index (χ0n) is 13.6. The molecule has 0 saturated carbocycles. The van der Waals surface area contributed by atoms with E-state index < -0.39 is 0 Å². The van der Waals surface area contributed by atoms with Gasteiger partial charge in [-0.15, -0.1) is 11.3 Å². The van der Waals surface area contributed by atoms with E-state index in [0.29, 0.717) is 6.04 Å². The lowest BCUT2D eigenvalue weighted by Gasteiger charge is -2.37. The highest BCUT2D eigenvalue weighted by atomic mass is 32.1. The van der Waals surface area contributed by atoms with Crippen molar-refractivity contribution in [2.24, 2.45) is 0 Å². The van der Waals surface area contributed by atoms with Crippen LogP contribution in [-0.2, 0) is 6.42 Å². The average molecular weight is 328 g/mol. The van der Waals surface area contributed by atoms with Crippen LogP contribution in [0.2, 0.25) is 0 Å². The van der Waals surface area contributed by atoms with Gasteiger partial charge in [0.05, 0.1) is 4.88 Å². The highest BCUT2D eigenvalue weighted by Crippen LogP contribution is 2.19. The van der Waals surface area contributed by atoms with E-state index >= 15 is 0 Å². The smallest absolute Gasteiger partial charge is 0.263 e. The standard InChI is InChI=1S/C19H24N2OS/c1-20(19(22)18-10-6-14-23-18)17-9-5-12-21(15-17)13-11-16-7-3-2-4-8-16/h2-4,6-8,10,14,17H,5,9,11-13,15H2,1H3/t17-/m1/s1. The van der Waals surface area contributed by atoms with E-state index in [1.807, 2.05) is 29.5 Å². The summed E-state index contributed by atoms with van der Waals surface area (Å²) in [7, 11) is 1.95. The molecule has 1 saturated heterocycles. The van der Waals surface area contributed by atoms with Gasteiger partial charge in [0.1, 0.15) is 0 Å². The minimum Gasteiger partial charge on any atom is -0.337 e. The Bertz CT molecular complexity index is 612. The molecule has 1 fully saturated rings. The summed E-state index contributed by atoms with van der Waals surface area (Å²) in [4.78, 5) is 17.8. The first kappa shape index (κ1) is 16.2. The van der Waals surface area contributed by atoms with Gasteiger partial charge >= 0.3 is 0 Å². The minimum absolute atomic E-state index is 0.162. The number of carbonyl (C=O) groups excluding carboxylic acids is 1. The van der Waals surface area contributed by atoms with Gasteiger partial charge in [0.25, 0.3) is 5.91 Å². The third-order valence-electron chi connectivity index (χ3n) is 4.64. The lowest BCUT2D eigenvalue weighted by molar-refractivity contribution is 0.0624. The fraction of sp³-hybridized carbons (Fsp3) is 0.421. The van der Waals surface area contributed by atoms with Crippen LogP contribution in [0, 0.1) is 0 Å². The van der Waals surface area contributed by atoms with Gasteiger partial charge in [0.15, 0.2) is 0 Å². The van der Waals surface area contributed by atoms with E-state index in [2.05, 4.69) is 35.2 Å². The normalized spacial score (nSPS) is 18.7. The first-order valence-electron chi connectivity index (χ1n) is 8.31. The second kappa shape index (κ2) is 7.75. The number of thiophene rings is 1. The first-order chi connectivity index (χ1) is 11.2. The maximum absolute atomic E-state index is 12.5. The Kier molecular flexibility index (Phi) is 5.47. The van der Waals surface area contributed by atoms with E-state index in [0.717, 1.165) is 37.4 Å². The van der Waals surface area contributed by atoms with Crippen molar-refractivity contribution in [3.05, 3.63) is 58.3 Å². The Morgan fingerprint density at radius 1 is 1.26 bits per heavy atom. The van der Waals surface area contributed by atoms with Crippen LogP contribution in [-0.4, -0.2) is 48.4 Å². The van der Waals surface area contributed by atoms with Crippen LogP contribution >= 0.6 is 11.3 Å². The third kappa shape index (κ3) is 4.21. The predicted octanol–water partition coefficient (Wildman–Crippen LogP) is 3.53. The van der Waals surface area contributed by atoms with Gasteiger partial charge in [0, 0.05) is 26.2 Å². The van der Waals surface area contributed by atoms with Crippen molar-refractivity contribution < 1.29 is 4.79 Å². The van der Waals surface area contributed by atoms with E-state index in [4.69, 9.17) is 0 Å². The molecule has 2 heterocycles. The van der Waals surface area contributed by atoms with Gasteiger partial charge in [-0.3, -0.25) is 4.79 Å². The highest BCUT2D eigenvalue weighted by Gasteiger charge is 2.26. The molecule has 0 N–H and O–H groups in total. The van der Waals surface area contributed by atoms with E-state index in [1.54, 1.807) is 0 Å². The van der Waals surface area contributed by atoms with Crippen LogP contribution in [0.4, 0.5) is 0 Å². The molecule has 2 aromatic rings. The van der Waals surface area contributed by atoms with Crippen LogP contribution in [0.5, 0.6) is 0 Å². The van der Waals surface area contributed by atoms with Crippen molar-refractivity contribution in [2.45, 2.75) is 25.3 Å². The fourth-order valence-electron chi connectivity index (χ4n) is 3.22. The molecule has 0 aliphatic carbocycles. The number of amides is 1. The molecule has 23 heavy (non-hydrogen) atoms. The maximum atomic E-state index is 12.5. The molecule has 1 aliphatic heterocycles. The molecule has 0 radical (unpaired) electrons. The maximum Gasteiger partial charge on any atom is 0.263 e. The van der Waals surface area contributed by atoms with Gasteiger partial charge < -0.3 is 9.80 Å². The van der Waals surface area contributed by atoms with Crippen LogP contribution in [0.15, 0.2) is 47.8 Å². The number of hydrogen-bond donors (Lipinski definition) is 0. The largest absolute Gasteiger partial charge is 0.337 e. The van der Waals surface area contributed by atoms with Crippen molar-refractivity contribution >= 4 is 17.2 Å². The minimum atomic E-state index is 0.162. The molecule has 4 heteroatoms. The number of hydrogen-bond acceptors (Lipinski definition) is 3. The zero-order valence-corrected chi connectivity index (χ0v) is 14.5. The Morgan fingerprint density at radius 3 is 2.83 bits per heavy atom. The molecule has 122 valence electrons. The van der Waals surface area contributed by atoms with Gasteiger partial charge in [0.2, 0.25) is 0 Å². The molecule has 1 aromatic carbocycles. The van der Waals surface area contributed by atoms with Crippen LogP contribution < -0.4 is 0 Å². The third-order valence-corrected chi connectivity index (χ3v) is 5.50. The van der Waals surface area contributed by atoms with Gasteiger partial charge in [-0.2, -0.15) is 0 Å². The molecule has 0 unspecified atom stereocenters. The molecule has 1 aromatic heterocycles. The van der Waals surface area contributed by atoms with Gasteiger partial charge in [-0.1, -0.05) is 36.4 Å². The summed E-state index contributed by atoms with van der Waals surface area (Å²) in [6.45, 7) is 3.20. The summed E-state index contributed by atoms with van der Waals surface area (Å²) >= 11 is 1.53. The van der Waals surface area contributed by atoms with E-state index in [-0.39, 0.29) is 5.91 Å². The van der Waals surface area contributed by atoms with Gasteiger partial charge in [-0.05, 0) is 42.8 Å². The summed E-state index contributed by atoms with van der Waals surface area (Å²) < 4.78 is 0. The van der Waals surface area contributed by atoms with Crippen molar-refractivity contribution in [1.29, 1.82) is 0 Å². The first-order valence-corrected chi connectivity index (χ1v) is 9.19. The lowest BCUT2D eigenvalue weighted by atomic mass is 10.0. The summed E-state index contributed by atoms with van der Waals surface area (Å²) in [5.41, 5.74) is 1.39. The molecule has 1 atom stereocenters. The monoisotopic (exact) mass is 328 g/mol. The number of carbonyl (C=O) groups is 1. The zero-order chi connectivity index (χ0) is 16.1. The molecular formula is C19H24N2OS. The van der Waals surface area contributed by atoms with Crippen molar-refractivity contribution in [1.82, 2.24) is 9.80 Å². The molecule has 3 nitrogen and oxygen atoms in total. The van der Waals surface area contributed by atoms with E-state index in [9.17, 15) is 4.79 Å². The number of likely N-dealkylation sites (N-methyl/N-ethyl adjacent to an activating group) is 1. The second-order valence-electron chi connectivity index (χ2n) is 6.23. The lowest BCUT2D eigenvalue weighted by Crippen LogP contribution is -2.48. The highest BCUT2D eigenvalue weighted by molar-refractivity contribution is 7.12. The molecular weight excluding hydrogens is 304 g/mol. The van der Waals surface area contributed by atoms with Crippen LogP contribution in [0.1, 0.15) is 28.1 Å². The molecule has 1 aliphatic rings. The van der Waals surface area contributed by atoms with Crippen molar-refractivity contribution in [3.8, 4) is 0 Å². The Morgan fingerprint density at radius 2 is 2.09 bits per heavy atom. The fourth-order valence-corrected chi connectivity index (χ4v) is 3.93. The number of nitrogens with zero attached hydrogens (tertiary/aromatic N) is 2. The van der Waals surface area contributed by atoms with Crippen LogP contribution in [0.25, 0.3) is 0 Å². The quantitative estimate of drug-likeness (QED) is 0.838. The molecule has 1 amide bonds. The number of likely N-dealkylation sites (tertiary alicyclic amines) is 1. The number of piperidine rings is 1. The number of benzene rings is 1. The summed E-state index contributed by atoms with van der Waals surface area (Å²) in [5.74, 6) is 0.162.